The first kappa shape index (κ1) is 13.3. The van der Waals surface area contributed by atoms with Crippen molar-refractivity contribution in [2.24, 2.45) is 0 Å². The highest BCUT2D eigenvalue weighted by atomic mass is 16.6. The molecule has 0 spiro atoms. The molecule has 5 heteroatoms. The van der Waals surface area contributed by atoms with E-state index in [9.17, 15) is 9.59 Å². The van der Waals surface area contributed by atoms with Crippen molar-refractivity contribution in [3.8, 4) is 0 Å². The van der Waals surface area contributed by atoms with Crippen molar-refractivity contribution in [2.45, 2.75) is 6.54 Å². The van der Waals surface area contributed by atoms with Crippen LogP contribution < -0.4 is 5.56 Å². The minimum atomic E-state index is -0.450. The number of benzene rings is 1. The van der Waals surface area contributed by atoms with Gasteiger partial charge in [0.15, 0.2) is 0 Å². The van der Waals surface area contributed by atoms with Gasteiger partial charge in [0.25, 0.3) is 5.56 Å². The van der Waals surface area contributed by atoms with Gasteiger partial charge in [-0.05, 0) is 17.5 Å². The molecule has 0 N–H and O–H groups in total. The molecule has 0 saturated carbocycles. The van der Waals surface area contributed by atoms with Crippen LogP contribution in [-0.2, 0) is 20.8 Å². The molecular formula is C14H15NO4. The first-order chi connectivity index (χ1) is 9.22. The Morgan fingerprint density at radius 3 is 2.79 bits per heavy atom. The smallest absolute Gasteiger partial charge is 0.326 e. The van der Waals surface area contributed by atoms with Crippen LogP contribution in [0.4, 0.5) is 0 Å². The summed E-state index contributed by atoms with van der Waals surface area (Å²) >= 11 is 0. The zero-order valence-electron chi connectivity index (χ0n) is 10.7. The predicted octanol–water partition coefficient (Wildman–Crippen LogP) is 1.19. The van der Waals surface area contributed by atoms with Crippen LogP contribution in [0, 0.1) is 0 Å². The van der Waals surface area contributed by atoms with Gasteiger partial charge in [-0.3, -0.25) is 9.59 Å². The van der Waals surface area contributed by atoms with Crippen LogP contribution in [0.25, 0.3) is 10.8 Å². The molecule has 1 aromatic heterocycles. The van der Waals surface area contributed by atoms with E-state index in [0.717, 1.165) is 5.39 Å². The first-order valence-corrected chi connectivity index (χ1v) is 5.95. The Kier molecular flexibility index (Phi) is 4.30. The molecule has 0 radical (unpaired) electrons. The summed E-state index contributed by atoms with van der Waals surface area (Å²) in [6.45, 7) is 0.448. The lowest BCUT2D eigenvalue weighted by atomic mass is 10.2. The zero-order valence-corrected chi connectivity index (χ0v) is 10.7. The molecule has 0 atom stereocenters. The Balaban J connectivity index is 2.15. The number of methoxy groups -OCH3 is 1. The standard InChI is InChI=1S/C14H15NO4/c1-18-8-9-19-13(16)10-15-7-6-11-4-2-3-5-12(11)14(15)17/h2-7H,8-10H2,1H3. The number of hydrogen-bond donors (Lipinski definition) is 0. The van der Waals surface area contributed by atoms with Gasteiger partial charge in [-0.25, -0.2) is 0 Å². The van der Waals surface area contributed by atoms with E-state index in [4.69, 9.17) is 9.47 Å². The highest BCUT2D eigenvalue weighted by molar-refractivity contribution is 5.81. The fraction of sp³-hybridized carbons (Fsp3) is 0.286. The van der Waals surface area contributed by atoms with E-state index >= 15 is 0 Å². The normalized spacial score (nSPS) is 10.6. The molecule has 2 aromatic rings. The number of aromatic nitrogens is 1. The van der Waals surface area contributed by atoms with E-state index in [1.165, 1.54) is 11.7 Å². The van der Waals surface area contributed by atoms with Crippen LogP contribution in [0.3, 0.4) is 0 Å². The topological polar surface area (TPSA) is 57.5 Å². The second kappa shape index (κ2) is 6.15. The third kappa shape index (κ3) is 3.20. The zero-order chi connectivity index (χ0) is 13.7. The summed E-state index contributed by atoms with van der Waals surface area (Å²) < 4.78 is 11.1. The van der Waals surface area contributed by atoms with E-state index in [0.29, 0.717) is 12.0 Å². The van der Waals surface area contributed by atoms with Crippen LogP contribution >= 0.6 is 0 Å². The average molecular weight is 261 g/mol. The number of ether oxygens (including phenoxy) is 2. The van der Waals surface area contributed by atoms with Crippen molar-refractivity contribution < 1.29 is 14.3 Å². The molecular weight excluding hydrogens is 246 g/mol. The Morgan fingerprint density at radius 1 is 1.21 bits per heavy atom. The van der Waals surface area contributed by atoms with Crippen molar-refractivity contribution in [3.05, 3.63) is 46.9 Å². The molecule has 100 valence electrons. The Labute approximate surface area is 110 Å². The second-order valence-electron chi connectivity index (χ2n) is 4.05. The van der Waals surface area contributed by atoms with Crippen molar-refractivity contribution >= 4 is 16.7 Å². The molecule has 1 heterocycles. The van der Waals surface area contributed by atoms with Gasteiger partial charge >= 0.3 is 5.97 Å². The Bertz CT molecular complexity index is 633. The van der Waals surface area contributed by atoms with E-state index in [1.807, 2.05) is 12.1 Å². The molecule has 0 unspecified atom stereocenters. The Morgan fingerprint density at radius 2 is 2.00 bits per heavy atom. The van der Waals surface area contributed by atoms with Gasteiger partial charge in [-0.1, -0.05) is 18.2 Å². The maximum absolute atomic E-state index is 12.1. The minimum Gasteiger partial charge on any atom is -0.462 e. The van der Waals surface area contributed by atoms with Crippen molar-refractivity contribution in [3.63, 3.8) is 0 Å². The van der Waals surface area contributed by atoms with Crippen LogP contribution in [-0.4, -0.2) is 30.9 Å². The van der Waals surface area contributed by atoms with Crippen molar-refractivity contribution in [1.29, 1.82) is 0 Å². The third-order valence-corrected chi connectivity index (χ3v) is 2.74. The molecule has 0 saturated heterocycles. The van der Waals surface area contributed by atoms with Crippen LogP contribution in [0.15, 0.2) is 41.3 Å². The molecule has 0 bridgehead atoms. The molecule has 19 heavy (non-hydrogen) atoms. The summed E-state index contributed by atoms with van der Waals surface area (Å²) in [5.74, 6) is -0.450. The van der Waals surface area contributed by atoms with Gasteiger partial charge in [-0.15, -0.1) is 0 Å². The van der Waals surface area contributed by atoms with Gasteiger partial charge in [-0.2, -0.15) is 0 Å². The fourth-order valence-electron chi connectivity index (χ4n) is 1.78. The van der Waals surface area contributed by atoms with Gasteiger partial charge in [0.1, 0.15) is 13.2 Å². The van der Waals surface area contributed by atoms with Gasteiger partial charge < -0.3 is 14.0 Å². The quantitative estimate of drug-likeness (QED) is 0.599. The van der Waals surface area contributed by atoms with Crippen molar-refractivity contribution in [1.82, 2.24) is 4.57 Å². The molecule has 0 aliphatic carbocycles. The number of fused-ring (bicyclic) bond motifs is 1. The number of nitrogens with zero attached hydrogens (tertiary/aromatic N) is 1. The lowest BCUT2D eigenvalue weighted by Gasteiger charge is -2.07. The summed E-state index contributed by atoms with van der Waals surface area (Å²) in [5.41, 5.74) is -0.193. The summed E-state index contributed by atoms with van der Waals surface area (Å²) in [7, 11) is 1.53. The summed E-state index contributed by atoms with van der Waals surface area (Å²) in [6, 6.07) is 9.07. The number of esters is 1. The van der Waals surface area contributed by atoms with Gasteiger partial charge in [0.2, 0.25) is 0 Å². The number of carbonyl (C=O) groups excluding carboxylic acids is 1. The van der Waals surface area contributed by atoms with E-state index in [1.54, 1.807) is 24.4 Å². The maximum atomic E-state index is 12.1. The number of hydrogen-bond acceptors (Lipinski definition) is 4. The second-order valence-corrected chi connectivity index (χ2v) is 4.05. The van der Waals surface area contributed by atoms with E-state index in [2.05, 4.69) is 0 Å². The number of carbonyl (C=O) groups is 1. The molecule has 0 aliphatic heterocycles. The van der Waals surface area contributed by atoms with Crippen LogP contribution in [0.5, 0.6) is 0 Å². The predicted molar refractivity (Wildman–Crippen MR) is 71.0 cm³/mol. The van der Waals surface area contributed by atoms with Gasteiger partial charge in [0, 0.05) is 18.7 Å². The fourth-order valence-corrected chi connectivity index (χ4v) is 1.78. The number of rotatable bonds is 5. The molecule has 1 aromatic carbocycles. The Hall–Kier alpha value is -2.14. The molecule has 0 fully saturated rings. The molecule has 5 nitrogen and oxygen atoms in total. The highest BCUT2D eigenvalue weighted by Crippen LogP contribution is 2.07. The van der Waals surface area contributed by atoms with E-state index < -0.39 is 5.97 Å². The SMILES string of the molecule is COCCOC(=O)Cn1ccc2ccccc2c1=O. The van der Waals surface area contributed by atoms with Crippen molar-refractivity contribution in [2.75, 3.05) is 20.3 Å². The first-order valence-electron chi connectivity index (χ1n) is 5.95. The van der Waals surface area contributed by atoms with Gasteiger partial charge in [0.05, 0.1) is 6.61 Å². The van der Waals surface area contributed by atoms with E-state index in [-0.39, 0.29) is 18.7 Å². The summed E-state index contributed by atoms with van der Waals surface area (Å²) in [4.78, 5) is 23.7. The highest BCUT2D eigenvalue weighted by Gasteiger charge is 2.07. The molecule has 0 amide bonds. The largest absolute Gasteiger partial charge is 0.462 e. The lowest BCUT2D eigenvalue weighted by Crippen LogP contribution is -2.25. The van der Waals surface area contributed by atoms with Crippen LogP contribution in [0.1, 0.15) is 0 Å². The summed E-state index contributed by atoms with van der Waals surface area (Å²) in [6.07, 6.45) is 1.60. The third-order valence-electron chi connectivity index (χ3n) is 2.74. The average Bonchev–Trinajstić information content (AvgIpc) is 2.43. The maximum Gasteiger partial charge on any atom is 0.326 e. The minimum absolute atomic E-state index is 0.0899. The molecule has 0 aliphatic rings. The summed E-state index contributed by atoms with van der Waals surface area (Å²) in [5, 5.41) is 1.45. The molecule has 2 rings (SSSR count). The monoisotopic (exact) mass is 261 g/mol. The number of pyridine rings is 1. The lowest BCUT2D eigenvalue weighted by molar-refractivity contribution is -0.145. The van der Waals surface area contributed by atoms with Crippen LogP contribution in [0.2, 0.25) is 0 Å².